The number of aryl methyl sites for hydroxylation is 2. The zero-order valence-electron chi connectivity index (χ0n) is 22.8. The first kappa shape index (κ1) is 27.4. The largest absolute Gasteiger partial charge is 0.368 e. The van der Waals surface area contributed by atoms with E-state index >= 15 is 4.39 Å². The number of hydrogen-bond acceptors (Lipinski definition) is 7. The Morgan fingerprint density at radius 2 is 1.90 bits per heavy atom. The van der Waals surface area contributed by atoms with Crippen LogP contribution in [0.3, 0.4) is 0 Å². The molecule has 1 aliphatic rings. The number of rotatable bonds is 8. The molecule has 10 nitrogen and oxygen atoms in total. The molecule has 5 rings (SSSR count). The minimum absolute atomic E-state index is 0.0801. The molecule has 4 heterocycles. The number of anilines is 2. The van der Waals surface area contributed by atoms with Gasteiger partial charge in [0, 0.05) is 25.1 Å². The quantitative estimate of drug-likeness (QED) is 0.286. The number of aromatic amines is 1. The van der Waals surface area contributed by atoms with Crippen molar-refractivity contribution in [3.63, 3.8) is 0 Å². The number of aromatic nitrogens is 6. The second-order valence-corrected chi connectivity index (χ2v) is 10.4. The monoisotopic (exact) mass is 550 g/mol. The molecular weight excluding hydrogens is 518 g/mol. The smallest absolute Gasteiger partial charge is 0.252 e. The van der Waals surface area contributed by atoms with Crippen molar-refractivity contribution >= 4 is 17.5 Å². The lowest BCUT2D eigenvalue weighted by Gasteiger charge is -2.41. The SMILES string of the molecule is CO[C@]1(C(=O)N[C@@H](C)c2ccc(-n3cc(F)cn3)nc2)CC[C@@](F)(c2cc(C)cc(Nc3cc(C)[nH]n3)n2)CC1. The van der Waals surface area contributed by atoms with Gasteiger partial charge in [0.25, 0.3) is 5.91 Å². The third-order valence-corrected chi connectivity index (χ3v) is 7.45. The Hall–Kier alpha value is -4.19. The average molecular weight is 551 g/mol. The van der Waals surface area contributed by atoms with E-state index in [4.69, 9.17) is 4.74 Å². The molecule has 12 heteroatoms. The first-order valence-electron chi connectivity index (χ1n) is 13.1. The molecule has 0 radical (unpaired) electrons. The van der Waals surface area contributed by atoms with E-state index in [2.05, 4.69) is 35.9 Å². The average Bonchev–Trinajstić information content (AvgIpc) is 3.56. The van der Waals surface area contributed by atoms with Crippen LogP contribution in [0.25, 0.3) is 5.82 Å². The summed E-state index contributed by atoms with van der Waals surface area (Å²) in [5.74, 6) is 0.791. The van der Waals surface area contributed by atoms with E-state index in [-0.39, 0.29) is 37.6 Å². The third kappa shape index (κ3) is 5.57. The topological polar surface area (TPSA) is 123 Å². The predicted octanol–water partition coefficient (Wildman–Crippen LogP) is 4.89. The molecule has 0 bridgehead atoms. The summed E-state index contributed by atoms with van der Waals surface area (Å²) in [7, 11) is 1.48. The van der Waals surface area contributed by atoms with E-state index in [0.29, 0.717) is 23.1 Å². The van der Waals surface area contributed by atoms with Gasteiger partial charge in [-0.3, -0.25) is 9.89 Å². The van der Waals surface area contributed by atoms with Gasteiger partial charge in [-0.2, -0.15) is 10.2 Å². The van der Waals surface area contributed by atoms with Crippen LogP contribution in [0.1, 0.15) is 61.2 Å². The lowest BCUT2D eigenvalue weighted by Crippen LogP contribution is -2.52. The number of H-pyrrole nitrogens is 1. The van der Waals surface area contributed by atoms with E-state index < -0.39 is 17.1 Å². The lowest BCUT2D eigenvalue weighted by atomic mass is 9.74. The molecule has 1 saturated carbocycles. The Labute approximate surface area is 230 Å². The zero-order valence-corrected chi connectivity index (χ0v) is 22.8. The van der Waals surface area contributed by atoms with E-state index in [0.717, 1.165) is 23.0 Å². The normalized spacial score (nSPS) is 21.6. The maximum Gasteiger partial charge on any atom is 0.252 e. The van der Waals surface area contributed by atoms with E-state index in [9.17, 15) is 9.18 Å². The number of nitrogens with zero attached hydrogens (tertiary/aromatic N) is 5. The van der Waals surface area contributed by atoms with Gasteiger partial charge < -0.3 is 15.4 Å². The summed E-state index contributed by atoms with van der Waals surface area (Å²) in [6, 6.07) is 8.52. The van der Waals surface area contributed by atoms with Gasteiger partial charge in [-0.1, -0.05) is 6.07 Å². The number of alkyl halides is 1. The van der Waals surface area contributed by atoms with Crippen LogP contribution in [0.4, 0.5) is 20.4 Å². The molecule has 1 amide bonds. The summed E-state index contributed by atoms with van der Waals surface area (Å²) in [6.07, 6.45) is 4.48. The van der Waals surface area contributed by atoms with Gasteiger partial charge in [0.2, 0.25) is 0 Å². The fourth-order valence-electron chi connectivity index (χ4n) is 5.03. The highest BCUT2D eigenvalue weighted by atomic mass is 19.1. The molecule has 3 N–H and O–H groups in total. The molecule has 210 valence electrons. The van der Waals surface area contributed by atoms with Crippen molar-refractivity contribution in [1.29, 1.82) is 0 Å². The number of amides is 1. The Morgan fingerprint density at radius 1 is 1.12 bits per heavy atom. The van der Waals surface area contributed by atoms with Crippen LogP contribution in [-0.2, 0) is 15.2 Å². The van der Waals surface area contributed by atoms with Crippen LogP contribution in [0.5, 0.6) is 0 Å². The second-order valence-electron chi connectivity index (χ2n) is 10.4. The maximum absolute atomic E-state index is 16.3. The first-order valence-corrected chi connectivity index (χ1v) is 13.1. The van der Waals surface area contributed by atoms with Crippen molar-refractivity contribution in [1.82, 2.24) is 35.3 Å². The van der Waals surface area contributed by atoms with Crippen LogP contribution in [-0.4, -0.2) is 48.6 Å². The molecule has 1 aliphatic carbocycles. The minimum atomic E-state index is -1.70. The number of carbonyl (C=O) groups is 1. The van der Waals surface area contributed by atoms with Crippen molar-refractivity contribution in [2.45, 2.75) is 63.8 Å². The van der Waals surface area contributed by atoms with Crippen LogP contribution >= 0.6 is 0 Å². The van der Waals surface area contributed by atoms with Gasteiger partial charge in [-0.15, -0.1) is 0 Å². The Morgan fingerprint density at radius 3 is 2.50 bits per heavy atom. The number of ether oxygens (including phenoxy) is 1. The maximum atomic E-state index is 16.3. The van der Waals surface area contributed by atoms with Gasteiger partial charge in [0.15, 0.2) is 23.1 Å². The lowest BCUT2D eigenvalue weighted by molar-refractivity contribution is -0.153. The number of hydrogen-bond donors (Lipinski definition) is 3. The van der Waals surface area contributed by atoms with Crippen LogP contribution in [0.2, 0.25) is 0 Å². The molecule has 1 atom stereocenters. The molecule has 0 aliphatic heterocycles. The summed E-state index contributed by atoms with van der Waals surface area (Å²) in [5.41, 5.74) is -0.0338. The van der Waals surface area contributed by atoms with Crippen molar-refractivity contribution < 1.29 is 18.3 Å². The standard InChI is InChI=1S/C28H32F2N8O2/c1-17-11-22(34-23(12-17)35-24-13-18(2)36-37-24)27(30)7-9-28(40-4,10-8-27)26(39)33-19(3)20-5-6-25(31-14-20)38-16-21(29)15-32-38/h5-6,11-16,19H,7-10H2,1-4H3,(H,33,39)(H2,34,35,36,37)/t19-,27-,28+/m0/s1. The summed E-state index contributed by atoms with van der Waals surface area (Å²) in [4.78, 5) is 22.3. The molecule has 4 aromatic heterocycles. The van der Waals surface area contributed by atoms with Crippen molar-refractivity contribution in [2.24, 2.45) is 0 Å². The molecule has 0 saturated heterocycles. The Bertz CT molecular complexity index is 1490. The Kier molecular flexibility index (Phi) is 7.37. The van der Waals surface area contributed by atoms with Crippen LogP contribution in [0, 0.1) is 19.7 Å². The molecule has 0 aromatic carbocycles. The highest BCUT2D eigenvalue weighted by molar-refractivity contribution is 5.85. The predicted molar refractivity (Wildman–Crippen MR) is 144 cm³/mol. The van der Waals surface area contributed by atoms with Crippen LogP contribution < -0.4 is 10.6 Å². The number of pyridine rings is 2. The Balaban J connectivity index is 1.25. The molecule has 0 unspecified atom stereocenters. The summed E-state index contributed by atoms with van der Waals surface area (Å²) >= 11 is 0. The fraction of sp³-hybridized carbons (Fsp3) is 0.393. The second kappa shape index (κ2) is 10.8. The van der Waals surface area contributed by atoms with Crippen molar-refractivity contribution in [2.75, 3.05) is 12.4 Å². The fourth-order valence-corrected chi connectivity index (χ4v) is 5.03. The number of nitrogens with one attached hydrogen (secondary N) is 3. The first-order chi connectivity index (χ1) is 19.1. The highest BCUT2D eigenvalue weighted by Crippen LogP contribution is 2.45. The molecule has 4 aromatic rings. The number of halogens is 2. The van der Waals surface area contributed by atoms with Gasteiger partial charge >= 0.3 is 0 Å². The van der Waals surface area contributed by atoms with Crippen molar-refractivity contribution in [3.8, 4) is 5.82 Å². The summed E-state index contributed by atoms with van der Waals surface area (Å²) < 4.78 is 36.6. The minimum Gasteiger partial charge on any atom is -0.368 e. The van der Waals surface area contributed by atoms with Gasteiger partial charge in [-0.05, 0) is 75.8 Å². The van der Waals surface area contributed by atoms with Gasteiger partial charge in [0.1, 0.15) is 11.4 Å². The van der Waals surface area contributed by atoms with Crippen LogP contribution in [0.15, 0.2) is 48.9 Å². The third-order valence-electron chi connectivity index (χ3n) is 7.45. The van der Waals surface area contributed by atoms with Gasteiger partial charge in [0.05, 0.1) is 24.1 Å². The van der Waals surface area contributed by atoms with E-state index in [1.54, 1.807) is 24.4 Å². The summed E-state index contributed by atoms with van der Waals surface area (Å²) in [5, 5.41) is 17.0. The molecule has 40 heavy (non-hydrogen) atoms. The molecule has 1 fully saturated rings. The molecular formula is C28H32F2N8O2. The highest BCUT2D eigenvalue weighted by Gasteiger charge is 2.49. The van der Waals surface area contributed by atoms with Crippen molar-refractivity contribution in [3.05, 3.63) is 77.3 Å². The summed E-state index contributed by atoms with van der Waals surface area (Å²) in [6.45, 7) is 5.62. The van der Waals surface area contributed by atoms with E-state index in [1.807, 2.05) is 32.9 Å². The number of carbonyl (C=O) groups excluding carboxylic acids is 1. The zero-order chi connectivity index (χ0) is 28.5. The van der Waals surface area contributed by atoms with E-state index in [1.165, 1.54) is 18.0 Å². The van der Waals surface area contributed by atoms with Gasteiger partial charge in [-0.25, -0.2) is 23.4 Å². The number of methoxy groups -OCH3 is 1. The molecule has 0 spiro atoms.